The van der Waals surface area contributed by atoms with Crippen LogP contribution in [0.15, 0.2) is 0 Å². The maximum Gasteiger partial charge on any atom is 0.456 e. The number of aliphatic carboxylic acids is 1. The van der Waals surface area contributed by atoms with Crippen LogP contribution in [0.2, 0.25) is 0 Å². The molecule has 0 bridgehead atoms. The number of ether oxygens (including phenoxy) is 1. The van der Waals surface area contributed by atoms with Crippen LogP contribution in [0, 0.1) is 11.3 Å². The molecule has 0 aromatic carbocycles. The van der Waals surface area contributed by atoms with E-state index in [1.807, 2.05) is 0 Å². The predicted molar refractivity (Wildman–Crippen MR) is 61.8 cm³/mol. The minimum Gasteiger partial charge on any atom is -0.481 e. The Bertz CT molecular complexity index is 390. The Balaban J connectivity index is 4.73. The van der Waals surface area contributed by atoms with Crippen molar-refractivity contribution in [3.05, 3.63) is 0 Å². The van der Waals surface area contributed by atoms with E-state index in [-0.39, 0.29) is 12.8 Å². The van der Waals surface area contributed by atoms with E-state index in [1.54, 1.807) is 0 Å². The van der Waals surface area contributed by atoms with Gasteiger partial charge in [0.25, 0.3) is 0 Å². The molecule has 124 valence electrons. The van der Waals surface area contributed by atoms with Gasteiger partial charge >= 0.3 is 24.0 Å². The van der Waals surface area contributed by atoms with Gasteiger partial charge in [-0.05, 0) is 26.7 Å². The molecule has 0 aliphatic carbocycles. The molecule has 21 heavy (non-hydrogen) atoms. The molecule has 0 rings (SSSR count). The molecule has 0 aromatic rings. The molecule has 0 aliphatic rings. The molecule has 0 radical (unpaired) electrons. The summed E-state index contributed by atoms with van der Waals surface area (Å²) in [5.41, 5.74) is -1.33. The molecule has 0 spiro atoms. The number of carbonyl (C=O) groups is 2. The highest BCUT2D eigenvalue weighted by Gasteiger charge is 2.58. The van der Waals surface area contributed by atoms with Crippen LogP contribution in [-0.2, 0) is 14.3 Å². The van der Waals surface area contributed by atoms with Crippen molar-refractivity contribution in [3.8, 4) is 0 Å². The van der Waals surface area contributed by atoms with Crippen molar-refractivity contribution < 1.29 is 41.4 Å². The molecule has 0 saturated heterocycles. The summed E-state index contributed by atoms with van der Waals surface area (Å²) in [5, 5.41) is 8.91. The minimum atomic E-state index is -5.81. The first-order chi connectivity index (χ1) is 9.24. The smallest absolute Gasteiger partial charge is 0.456 e. The van der Waals surface area contributed by atoms with Gasteiger partial charge in [0.05, 0.1) is 11.3 Å². The Labute approximate surface area is 118 Å². The molecule has 0 saturated carbocycles. The van der Waals surface area contributed by atoms with E-state index >= 15 is 0 Å². The number of esters is 1. The van der Waals surface area contributed by atoms with Crippen molar-refractivity contribution in [2.75, 3.05) is 6.61 Å². The Kier molecular flexibility index (Phi) is 6.13. The van der Waals surface area contributed by atoms with Crippen LogP contribution in [0.3, 0.4) is 0 Å². The second kappa shape index (κ2) is 6.57. The molecule has 1 N–H and O–H groups in total. The van der Waals surface area contributed by atoms with Crippen LogP contribution in [0.5, 0.6) is 0 Å². The average Bonchev–Trinajstić information content (AvgIpc) is 2.31. The summed E-state index contributed by atoms with van der Waals surface area (Å²) in [7, 11) is 0. The van der Waals surface area contributed by atoms with Gasteiger partial charge in [0, 0.05) is 0 Å². The third kappa shape index (κ3) is 5.47. The van der Waals surface area contributed by atoms with Crippen LogP contribution >= 0.6 is 0 Å². The van der Waals surface area contributed by atoms with Crippen molar-refractivity contribution in [1.82, 2.24) is 0 Å². The Hall–Kier alpha value is -1.41. The summed E-state index contributed by atoms with van der Waals surface area (Å²) in [6.45, 7) is 2.00. The second-order valence-electron chi connectivity index (χ2n) is 5.31. The number of carboxylic acids is 1. The molecule has 1 unspecified atom stereocenters. The van der Waals surface area contributed by atoms with Gasteiger partial charge in [-0.25, -0.2) is 0 Å². The van der Waals surface area contributed by atoms with Gasteiger partial charge in [-0.3, -0.25) is 9.59 Å². The fourth-order valence-electron chi connectivity index (χ4n) is 1.46. The number of hydrogen-bond donors (Lipinski definition) is 1. The van der Waals surface area contributed by atoms with Crippen LogP contribution < -0.4 is 0 Å². The molecule has 1 atom stereocenters. The first kappa shape index (κ1) is 19.6. The zero-order valence-electron chi connectivity index (χ0n) is 11.8. The standard InChI is InChI=1S/C12H17F5O4/c1-4-7(5-10(2,3)9(19)20)8(18)21-6-11(13,14)12(15,16)17/h7H,4-6H2,1-3H3,(H,19,20). The van der Waals surface area contributed by atoms with Crippen molar-refractivity contribution >= 4 is 11.9 Å². The molecule has 0 amide bonds. The number of carbonyl (C=O) groups excluding carboxylic acids is 1. The first-order valence-electron chi connectivity index (χ1n) is 6.09. The van der Waals surface area contributed by atoms with Gasteiger partial charge in [0.2, 0.25) is 0 Å². The van der Waals surface area contributed by atoms with E-state index in [2.05, 4.69) is 4.74 Å². The molecular weight excluding hydrogens is 303 g/mol. The van der Waals surface area contributed by atoms with Gasteiger partial charge in [-0.2, -0.15) is 22.0 Å². The lowest BCUT2D eigenvalue weighted by atomic mass is 9.82. The van der Waals surface area contributed by atoms with Crippen LogP contribution in [0.25, 0.3) is 0 Å². The summed E-state index contributed by atoms with van der Waals surface area (Å²) >= 11 is 0. The summed E-state index contributed by atoms with van der Waals surface area (Å²) in [5.74, 6) is -8.69. The summed E-state index contributed by atoms with van der Waals surface area (Å²) in [4.78, 5) is 22.5. The molecule has 4 nitrogen and oxygen atoms in total. The number of alkyl halides is 5. The third-order valence-corrected chi connectivity index (χ3v) is 2.97. The van der Waals surface area contributed by atoms with Gasteiger partial charge in [-0.15, -0.1) is 0 Å². The minimum absolute atomic E-state index is 0.0626. The maximum absolute atomic E-state index is 12.6. The zero-order valence-corrected chi connectivity index (χ0v) is 11.8. The Morgan fingerprint density at radius 1 is 1.14 bits per heavy atom. The molecule has 0 fully saturated rings. The largest absolute Gasteiger partial charge is 0.481 e. The average molecular weight is 320 g/mol. The zero-order chi connectivity index (χ0) is 17.1. The molecule has 0 heterocycles. The van der Waals surface area contributed by atoms with Crippen molar-refractivity contribution in [1.29, 1.82) is 0 Å². The van der Waals surface area contributed by atoms with Crippen molar-refractivity contribution in [2.24, 2.45) is 11.3 Å². The third-order valence-electron chi connectivity index (χ3n) is 2.97. The first-order valence-corrected chi connectivity index (χ1v) is 6.09. The summed E-state index contributed by atoms with van der Waals surface area (Å²) < 4.78 is 65.0. The Morgan fingerprint density at radius 3 is 1.95 bits per heavy atom. The lowest BCUT2D eigenvalue weighted by molar-refractivity contribution is -0.294. The van der Waals surface area contributed by atoms with E-state index in [9.17, 15) is 31.5 Å². The molecule has 9 heteroatoms. The van der Waals surface area contributed by atoms with E-state index in [1.165, 1.54) is 20.8 Å². The van der Waals surface area contributed by atoms with Crippen LogP contribution in [-0.4, -0.2) is 35.8 Å². The van der Waals surface area contributed by atoms with E-state index in [0.29, 0.717) is 0 Å². The highest BCUT2D eigenvalue weighted by molar-refractivity contribution is 5.77. The predicted octanol–water partition coefficient (Wildman–Crippen LogP) is 3.25. The van der Waals surface area contributed by atoms with E-state index < -0.39 is 42.0 Å². The monoisotopic (exact) mass is 320 g/mol. The second-order valence-corrected chi connectivity index (χ2v) is 5.31. The van der Waals surface area contributed by atoms with Gasteiger partial charge in [0.15, 0.2) is 6.61 Å². The van der Waals surface area contributed by atoms with Gasteiger partial charge in [-0.1, -0.05) is 6.92 Å². The normalized spacial score (nSPS) is 14.7. The molecular formula is C12H17F5O4. The maximum atomic E-state index is 12.6. The Morgan fingerprint density at radius 2 is 1.62 bits per heavy atom. The van der Waals surface area contributed by atoms with Crippen LogP contribution in [0.4, 0.5) is 22.0 Å². The fourth-order valence-corrected chi connectivity index (χ4v) is 1.46. The molecule has 0 aromatic heterocycles. The van der Waals surface area contributed by atoms with Gasteiger partial charge in [0.1, 0.15) is 0 Å². The number of hydrogen-bond acceptors (Lipinski definition) is 3. The van der Waals surface area contributed by atoms with E-state index in [4.69, 9.17) is 5.11 Å². The van der Waals surface area contributed by atoms with Crippen LogP contribution in [0.1, 0.15) is 33.6 Å². The van der Waals surface area contributed by atoms with Crippen molar-refractivity contribution in [3.63, 3.8) is 0 Å². The summed E-state index contributed by atoms with van der Waals surface area (Å²) in [6, 6.07) is 0. The fraction of sp³-hybridized carbons (Fsp3) is 0.833. The van der Waals surface area contributed by atoms with Gasteiger partial charge < -0.3 is 9.84 Å². The molecule has 0 aliphatic heterocycles. The summed E-state index contributed by atoms with van der Waals surface area (Å²) in [6.07, 6.45) is -5.97. The topological polar surface area (TPSA) is 63.6 Å². The van der Waals surface area contributed by atoms with E-state index in [0.717, 1.165) is 0 Å². The highest BCUT2D eigenvalue weighted by atomic mass is 19.4. The SMILES string of the molecule is CCC(CC(C)(C)C(=O)O)C(=O)OCC(F)(F)C(F)(F)F. The quantitative estimate of drug-likeness (QED) is 0.578. The highest BCUT2D eigenvalue weighted by Crippen LogP contribution is 2.36. The number of rotatable bonds is 7. The lowest BCUT2D eigenvalue weighted by Crippen LogP contribution is -2.42. The van der Waals surface area contributed by atoms with Crippen molar-refractivity contribution in [2.45, 2.75) is 45.7 Å². The number of halogens is 5. The number of carboxylic acid groups (broad SMARTS) is 1. The lowest BCUT2D eigenvalue weighted by Gasteiger charge is -2.25.